The van der Waals surface area contributed by atoms with Gasteiger partial charge < -0.3 is 18.8 Å². The zero-order valence-corrected chi connectivity index (χ0v) is 18.6. The largest absolute Gasteiger partial charge is 0.497 e. The van der Waals surface area contributed by atoms with E-state index in [1.807, 2.05) is 36.4 Å². The first-order chi connectivity index (χ1) is 15.6. The van der Waals surface area contributed by atoms with Crippen molar-refractivity contribution in [3.05, 3.63) is 83.6 Å². The lowest BCUT2D eigenvalue weighted by molar-refractivity contribution is 0.0299. The highest BCUT2D eigenvalue weighted by Gasteiger charge is 2.24. The van der Waals surface area contributed by atoms with Crippen LogP contribution in [0.4, 0.5) is 0 Å². The summed E-state index contributed by atoms with van der Waals surface area (Å²) in [6.45, 7) is 5.59. The van der Waals surface area contributed by atoms with E-state index in [2.05, 4.69) is 35.0 Å². The molecular formula is C25H29N3O4. The molecule has 7 nitrogen and oxygen atoms in total. The number of amides is 1. The van der Waals surface area contributed by atoms with E-state index in [1.54, 1.807) is 12.0 Å². The number of methoxy groups -OCH3 is 1. The van der Waals surface area contributed by atoms with Crippen molar-refractivity contribution < 1.29 is 18.7 Å². The van der Waals surface area contributed by atoms with Crippen molar-refractivity contribution in [1.82, 2.24) is 14.8 Å². The monoisotopic (exact) mass is 435 g/mol. The normalized spacial score (nSPS) is 15.0. The second-order valence-electron chi connectivity index (χ2n) is 7.87. The minimum absolute atomic E-state index is 0.112. The zero-order chi connectivity index (χ0) is 22.3. The molecule has 2 heterocycles. The molecule has 4 rings (SSSR count). The SMILES string of the molecule is COc1cccc(CN(Cc2nc(C(=O)N3CCOCC3)co2)[C@@H](C)c2ccccc2)c1. The second kappa shape index (κ2) is 10.4. The summed E-state index contributed by atoms with van der Waals surface area (Å²) in [6, 6.07) is 18.5. The van der Waals surface area contributed by atoms with Gasteiger partial charge in [-0.15, -0.1) is 0 Å². The number of carbonyl (C=O) groups excluding carboxylic acids is 1. The summed E-state index contributed by atoms with van der Waals surface area (Å²) in [6.07, 6.45) is 1.46. The third kappa shape index (κ3) is 5.36. The van der Waals surface area contributed by atoms with E-state index in [4.69, 9.17) is 13.9 Å². The van der Waals surface area contributed by atoms with E-state index in [9.17, 15) is 4.79 Å². The molecule has 0 unspecified atom stereocenters. The van der Waals surface area contributed by atoms with Crippen molar-refractivity contribution in [2.45, 2.75) is 26.1 Å². The molecule has 0 radical (unpaired) electrons. The zero-order valence-electron chi connectivity index (χ0n) is 18.6. The Labute approximate surface area is 188 Å². The van der Waals surface area contributed by atoms with Crippen LogP contribution in [-0.4, -0.2) is 54.1 Å². The Bertz CT molecular complexity index is 1010. The van der Waals surface area contributed by atoms with E-state index in [-0.39, 0.29) is 11.9 Å². The molecule has 1 saturated heterocycles. The lowest BCUT2D eigenvalue weighted by Crippen LogP contribution is -2.40. The Morgan fingerprint density at radius 2 is 1.91 bits per heavy atom. The van der Waals surface area contributed by atoms with Crippen molar-refractivity contribution in [3.63, 3.8) is 0 Å². The lowest BCUT2D eigenvalue weighted by Gasteiger charge is -2.28. The van der Waals surface area contributed by atoms with Crippen molar-refractivity contribution >= 4 is 5.91 Å². The van der Waals surface area contributed by atoms with Gasteiger partial charge in [0.25, 0.3) is 5.91 Å². The van der Waals surface area contributed by atoms with Crippen LogP contribution in [0.5, 0.6) is 5.75 Å². The summed E-state index contributed by atoms with van der Waals surface area (Å²) in [5.74, 6) is 1.23. The first-order valence-electron chi connectivity index (χ1n) is 10.9. The third-order valence-corrected chi connectivity index (χ3v) is 5.76. The predicted molar refractivity (Wildman–Crippen MR) is 120 cm³/mol. The van der Waals surface area contributed by atoms with Crippen LogP contribution in [0.1, 0.15) is 40.5 Å². The van der Waals surface area contributed by atoms with Gasteiger partial charge in [-0.1, -0.05) is 42.5 Å². The van der Waals surface area contributed by atoms with Gasteiger partial charge in [0.05, 0.1) is 26.9 Å². The highest BCUT2D eigenvalue weighted by atomic mass is 16.5. The average Bonchev–Trinajstić information content (AvgIpc) is 3.32. The van der Waals surface area contributed by atoms with Crippen LogP contribution in [0.2, 0.25) is 0 Å². The van der Waals surface area contributed by atoms with Gasteiger partial charge in [-0.2, -0.15) is 0 Å². The van der Waals surface area contributed by atoms with E-state index < -0.39 is 0 Å². The molecular weight excluding hydrogens is 406 g/mol. The van der Waals surface area contributed by atoms with Crippen LogP contribution in [0.3, 0.4) is 0 Å². The van der Waals surface area contributed by atoms with E-state index in [1.165, 1.54) is 11.8 Å². The highest BCUT2D eigenvalue weighted by molar-refractivity contribution is 5.92. The number of oxazole rings is 1. The number of rotatable bonds is 8. The van der Waals surface area contributed by atoms with Crippen molar-refractivity contribution in [2.24, 2.45) is 0 Å². The average molecular weight is 436 g/mol. The molecule has 1 fully saturated rings. The standard InChI is InChI=1S/C25H29N3O4/c1-19(21-8-4-3-5-9-21)28(16-20-7-6-10-22(15-20)30-2)17-24-26-23(18-32-24)25(29)27-11-13-31-14-12-27/h3-10,15,18-19H,11-14,16-17H2,1-2H3/t19-/m0/s1. The number of carbonyl (C=O) groups is 1. The molecule has 0 spiro atoms. The topological polar surface area (TPSA) is 68.0 Å². The summed E-state index contributed by atoms with van der Waals surface area (Å²) >= 11 is 0. The third-order valence-electron chi connectivity index (χ3n) is 5.76. The molecule has 0 N–H and O–H groups in total. The number of benzene rings is 2. The molecule has 0 aliphatic carbocycles. The van der Waals surface area contributed by atoms with Crippen LogP contribution in [0, 0.1) is 0 Å². The predicted octanol–water partition coefficient (Wildman–Crippen LogP) is 3.92. The number of hydrogen-bond acceptors (Lipinski definition) is 6. The van der Waals surface area contributed by atoms with Gasteiger partial charge in [-0.05, 0) is 30.2 Å². The number of aromatic nitrogens is 1. The van der Waals surface area contributed by atoms with Gasteiger partial charge in [-0.3, -0.25) is 9.69 Å². The van der Waals surface area contributed by atoms with Gasteiger partial charge in [-0.25, -0.2) is 4.98 Å². The Kier molecular flexibility index (Phi) is 7.19. The van der Waals surface area contributed by atoms with Crippen LogP contribution >= 0.6 is 0 Å². The second-order valence-corrected chi connectivity index (χ2v) is 7.87. The van der Waals surface area contributed by atoms with Gasteiger partial charge in [0.1, 0.15) is 12.0 Å². The number of hydrogen-bond donors (Lipinski definition) is 0. The van der Waals surface area contributed by atoms with Crippen LogP contribution < -0.4 is 4.74 Å². The Hall–Kier alpha value is -3.16. The van der Waals surface area contributed by atoms with Gasteiger partial charge in [0.15, 0.2) is 5.69 Å². The molecule has 1 amide bonds. The molecule has 1 aromatic heterocycles. The number of ether oxygens (including phenoxy) is 2. The van der Waals surface area contributed by atoms with Crippen molar-refractivity contribution in [1.29, 1.82) is 0 Å². The maximum Gasteiger partial charge on any atom is 0.275 e. The van der Waals surface area contributed by atoms with Gasteiger partial charge in [0, 0.05) is 25.7 Å². The van der Waals surface area contributed by atoms with Gasteiger partial charge >= 0.3 is 0 Å². The van der Waals surface area contributed by atoms with Gasteiger partial charge in [0.2, 0.25) is 5.89 Å². The molecule has 0 bridgehead atoms. The number of nitrogens with zero attached hydrogens (tertiary/aromatic N) is 3. The highest BCUT2D eigenvalue weighted by Crippen LogP contribution is 2.25. The van der Waals surface area contributed by atoms with E-state index in [0.717, 1.165) is 11.3 Å². The summed E-state index contributed by atoms with van der Waals surface area (Å²) in [5.41, 5.74) is 2.67. The van der Waals surface area contributed by atoms with E-state index in [0.29, 0.717) is 51.0 Å². The summed E-state index contributed by atoms with van der Waals surface area (Å²) in [4.78, 5) is 21.3. The molecule has 168 valence electrons. The summed E-state index contributed by atoms with van der Waals surface area (Å²) < 4.78 is 16.4. The lowest BCUT2D eigenvalue weighted by atomic mass is 10.1. The summed E-state index contributed by atoms with van der Waals surface area (Å²) in [5, 5.41) is 0. The number of morpholine rings is 1. The fourth-order valence-corrected chi connectivity index (χ4v) is 3.86. The Balaban J connectivity index is 1.53. The fraction of sp³-hybridized carbons (Fsp3) is 0.360. The molecule has 2 aromatic carbocycles. The smallest absolute Gasteiger partial charge is 0.275 e. The van der Waals surface area contributed by atoms with Crippen LogP contribution in [0.25, 0.3) is 0 Å². The molecule has 1 aliphatic heterocycles. The Morgan fingerprint density at radius 1 is 1.12 bits per heavy atom. The summed E-state index contributed by atoms with van der Waals surface area (Å²) in [7, 11) is 1.67. The molecule has 0 saturated carbocycles. The first kappa shape index (κ1) is 22.0. The maximum absolute atomic E-state index is 12.7. The Morgan fingerprint density at radius 3 is 2.66 bits per heavy atom. The van der Waals surface area contributed by atoms with E-state index >= 15 is 0 Å². The molecule has 3 aromatic rings. The minimum atomic E-state index is -0.112. The molecule has 7 heteroatoms. The fourth-order valence-electron chi connectivity index (χ4n) is 3.86. The van der Waals surface area contributed by atoms with Crippen LogP contribution in [0.15, 0.2) is 65.3 Å². The molecule has 1 atom stereocenters. The molecule has 1 aliphatic rings. The van der Waals surface area contributed by atoms with Crippen molar-refractivity contribution in [2.75, 3.05) is 33.4 Å². The first-order valence-corrected chi connectivity index (χ1v) is 10.9. The minimum Gasteiger partial charge on any atom is -0.497 e. The van der Waals surface area contributed by atoms with Crippen LogP contribution in [-0.2, 0) is 17.8 Å². The molecule has 32 heavy (non-hydrogen) atoms. The maximum atomic E-state index is 12.7. The van der Waals surface area contributed by atoms with Crippen molar-refractivity contribution in [3.8, 4) is 5.75 Å². The quantitative estimate of drug-likeness (QED) is 0.534.